The maximum absolute atomic E-state index is 13.8. The second-order valence-electron chi connectivity index (χ2n) is 6.49. The Morgan fingerprint density at radius 3 is 2.52 bits per heavy atom. The first kappa shape index (κ1) is 20.2. The van der Waals surface area contributed by atoms with Crippen LogP contribution in [0.25, 0.3) is 0 Å². The molecule has 1 saturated carbocycles. The van der Waals surface area contributed by atoms with Crippen LogP contribution in [-0.2, 0) is 14.6 Å². The highest BCUT2D eigenvalue weighted by atomic mass is 35.5. The van der Waals surface area contributed by atoms with Gasteiger partial charge < -0.3 is 10.5 Å². The zero-order valence-electron chi connectivity index (χ0n) is 14.6. The third-order valence-electron chi connectivity index (χ3n) is 4.94. The third kappa shape index (κ3) is 3.49. The smallest absolute Gasteiger partial charge is 0.182 e. The van der Waals surface area contributed by atoms with Gasteiger partial charge in [-0.3, -0.25) is 0 Å². The summed E-state index contributed by atoms with van der Waals surface area (Å²) in [6.07, 6.45) is 0. The van der Waals surface area contributed by atoms with E-state index in [0.717, 1.165) is 0 Å². The number of sulfone groups is 1. The van der Waals surface area contributed by atoms with E-state index in [4.69, 9.17) is 34.3 Å². The van der Waals surface area contributed by atoms with Crippen molar-refractivity contribution in [3.8, 4) is 0 Å². The van der Waals surface area contributed by atoms with Gasteiger partial charge in [0, 0.05) is 17.5 Å². The quantitative estimate of drug-likeness (QED) is 0.682. The lowest BCUT2D eigenvalue weighted by Crippen LogP contribution is -2.33. The third-order valence-corrected chi connectivity index (χ3v) is 7.87. The summed E-state index contributed by atoms with van der Waals surface area (Å²) < 4.78 is 46.0. The van der Waals surface area contributed by atoms with Gasteiger partial charge in [-0.15, -0.1) is 0 Å². The highest BCUT2D eigenvalue weighted by Crippen LogP contribution is 2.64. The van der Waals surface area contributed by atoms with E-state index in [2.05, 4.69) is 0 Å². The molecular formula is C19H19ClFNO3S2. The molecule has 2 aromatic carbocycles. The lowest BCUT2D eigenvalue weighted by molar-refractivity contribution is 0.121. The van der Waals surface area contributed by atoms with E-state index < -0.39 is 32.2 Å². The summed E-state index contributed by atoms with van der Waals surface area (Å²) in [5.41, 5.74) is 5.45. The minimum atomic E-state index is -3.80. The Morgan fingerprint density at radius 1 is 1.30 bits per heavy atom. The minimum Gasteiger partial charge on any atom is -0.393 e. The summed E-state index contributed by atoms with van der Waals surface area (Å²) in [4.78, 5) is 0.167. The molecule has 0 aliphatic heterocycles. The fraction of sp³-hybridized carbons (Fsp3) is 0.316. The number of rotatable bonds is 7. The normalized spacial score (nSPS) is 24.6. The predicted octanol–water partition coefficient (Wildman–Crippen LogP) is 3.73. The van der Waals surface area contributed by atoms with Crippen LogP contribution in [0.5, 0.6) is 0 Å². The SMILES string of the molecule is CCOC[C@@]1(C(N)=S)[C@@H](c2cccc(F)c2)[C@@H]1S(=O)(=O)c1ccc(Cl)cc1. The number of hydrogen-bond acceptors (Lipinski definition) is 4. The average molecular weight is 428 g/mol. The summed E-state index contributed by atoms with van der Waals surface area (Å²) in [6, 6.07) is 11.8. The first-order valence-corrected chi connectivity index (χ1v) is 10.7. The van der Waals surface area contributed by atoms with Crippen molar-refractivity contribution in [3.05, 3.63) is 64.9 Å². The van der Waals surface area contributed by atoms with Crippen molar-refractivity contribution in [3.63, 3.8) is 0 Å². The molecule has 0 unspecified atom stereocenters. The summed E-state index contributed by atoms with van der Waals surface area (Å²) in [7, 11) is -3.80. The molecule has 0 spiro atoms. The van der Waals surface area contributed by atoms with Crippen molar-refractivity contribution < 1.29 is 17.5 Å². The van der Waals surface area contributed by atoms with Gasteiger partial charge in [0.15, 0.2) is 9.84 Å². The van der Waals surface area contributed by atoms with Crippen molar-refractivity contribution in [2.45, 2.75) is 23.0 Å². The molecule has 4 nitrogen and oxygen atoms in total. The summed E-state index contributed by atoms with van der Waals surface area (Å²) in [5, 5.41) is -0.502. The maximum Gasteiger partial charge on any atom is 0.182 e. The van der Waals surface area contributed by atoms with Crippen LogP contribution in [0.1, 0.15) is 18.4 Å². The molecule has 2 N–H and O–H groups in total. The zero-order valence-corrected chi connectivity index (χ0v) is 17.0. The topological polar surface area (TPSA) is 69.4 Å². The molecule has 0 aromatic heterocycles. The zero-order chi connectivity index (χ0) is 19.8. The summed E-state index contributed by atoms with van der Waals surface area (Å²) >= 11 is 11.1. The Balaban J connectivity index is 2.12. The van der Waals surface area contributed by atoms with E-state index in [1.807, 2.05) is 0 Å². The van der Waals surface area contributed by atoms with Crippen LogP contribution in [0.3, 0.4) is 0 Å². The van der Waals surface area contributed by atoms with E-state index in [-0.39, 0.29) is 16.5 Å². The molecule has 8 heteroatoms. The van der Waals surface area contributed by atoms with E-state index >= 15 is 0 Å². The summed E-state index contributed by atoms with van der Waals surface area (Å²) in [5.74, 6) is -1.03. The largest absolute Gasteiger partial charge is 0.393 e. The number of thiocarbonyl (C=S) groups is 1. The van der Waals surface area contributed by atoms with Crippen LogP contribution >= 0.6 is 23.8 Å². The Kier molecular flexibility index (Phi) is 5.59. The fourth-order valence-electron chi connectivity index (χ4n) is 3.61. The lowest BCUT2D eigenvalue weighted by atomic mass is 10.00. The van der Waals surface area contributed by atoms with Crippen LogP contribution in [0.2, 0.25) is 5.02 Å². The molecule has 0 radical (unpaired) electrons. The van der Waals surface area contributed by atoms with Gasteiger partial charge in [0.1, 0.15) is 5.82 Å². The first-order chi connectivity index (χ1) is 12.7. The van der Waals surface area contributed by atoms with Crippen molar-refractivity contribution in [1.29, 1.82) is 0 Å². The highest BCUT2D eigenvalue weighted by molar-refractivity contribution is 7.92. The number of benzene rings is 2. The predicted molar refractivity (Wildman–Crippen MR) is 107 cm³/mol. The van der Waals surface area contributed by atoms with Crippen LogP contribution in [0.4, 0.5) is 4.39 Å². The molecule has 3 atom stereocenters. The van der Waals surface area contributed by atoms with Gasteiger partial charge in [-0.2, -0.15) is 0 Å². The molecule has 0 bridgehead atoms. The van der Waals surface area contributed by atoms with Crippen molar-refractivity contribution in [1.82, 2.24) is 0 Å². The molecule has 27 heavy (non-hydrogen) atoms. The Hall–Kier alpha value is -1.54. The van der Waals surface area contributed by atoms with E-state index in [0.29, 0.717) is 17.2 Å². The van der Waals surface area contributed by atoms with Crippen molar-refractivity contribution in [2.24, 2.45) is 11.1 Å². The maximum atomic E-state index is 13.8. The van der Waals surface area contributed by atoms with Gasteiger partial charge in [-0.05, 0) is 48.9 Å². The van der Waals surface area contributed by atoms with Crippen LogP contribution in [0, 0.1) is 11.2 Å². The molecule has 1 aliphatic carbocycles. The van der Waals surface area contributed by atoms with Crippen LogP contribution in [-0.4, -0.2) is 31.9 Å². The average Bonchev–Trinajstić information content (AvgIpc) is 3.32. The molecule has 1 fully saturated rings. The molecule has 144 valence electrons. The highest BCUT2D eigenvalue weighted by Gasteiger charge is 2.73. The molecular weight excluding hydrogens is 409 g/mol. The molecule has 0 heterocycles. The van der Waals surface area contributed by atoms with E-state index in [1.165, 1.54) is 36.4 Å². The second-order valence-corrected chi connectivity index (χ2v) is 9.44. The first-order valence-electron chi connectivity index (χ1n) is 8.37. The Bertz CT molecular complexity index is 965. The van der Waals surface area contributed by atoms with Gasteiger partial charge in [0.05, 0.1) is 27.2 Å². The van der Waals surface area contributed by atoms with Gasteiger partial charge in [-0.1, -0.05) is 36.0 Å². The molecule has 2 aromatic rings. The number of hydrogen-bond donors (Lipinski definition) is 1. The van der Waals surface area contributed by atoms with Crippen LogP contribution < -0.4 is 5.73 Å². The minimum absolute atomic E-state index is 0.0488. The lowest BCUT2D eigenvalue weighted by Gasteiger charge is -2.17. The number of halogens is 2. The van der Waals surface area contributed by atoms with E-state index in [9.17, 15) is 12.8 Å². The molecule has 1 aliphatic rings. The van der Waals surface area contributed by atoms with Gasteiger partial charge in [-0.25, -0.2) is 12.8 Å². The molecule has 0 amide bonds. The van der Waals surface area contributed by atoms with Gasteiger partial charge >= 0.3 is 0 Å². The summed E-state index contributed by atoms with van der Waals surface area (Å²) in [6.45, 7) is 2.24. The second kappa shape index (κ2) is 7.47. The monoisotopic (exact) mass is 427 g/mol. The number of nitrogens with two attached hydrogens (primary N) is 1. The number of ether oxygens (including phenoxy) is 1. The molecule has 3 rings (SSSR count). The van der Waals surface area contributed by atoms with E-state index in [1.54, 1.807) is 19.1 Å². The fourth-order valence-corrected chi connectivity index (χ4v) is 6.51. The standard InChI is InChI=1S/C19H19ClFNO3S2/c1-2-25-11-19(18(22)26)16(12-4-3-5-14(21)10-12)17(19)27(23,24)15-8-6-13(20)7-9-15/h3-10,16-17H,2,11H2,1H3,(H2,22,26)/t16-,17-,19+/m0/s1. The van der Waals surface area contributed by atoms with Crippen molar-refractivity contribution in [2.75, 3.05) is 13.2 Å². The van der Waals surface area contributed by atoms with Gasteiger partial charge in [0.2, 0.25) is 0 Å². The molecule has 0 saturated heterocycles. The van der Waals surface area contributed by atoms with Gasteiger partial charge in [0.25, 0.3) is 0 Å². The van der Waals surface area contributed by atoms with Crippen LogP contribution in [0.15, 0.2) is 53.4 Å². The van der Waals surface area contributed by atoms with Crippen molar-refractivity contribution >= 4 is 38.6 Å². The Morgan fingerprint density at radius 2 is 1.96 bits per heavy atom. The Labute approximate surface area is 168 Å².